The smallest absolute Gasteiger partial charge is 0.0625 e. The summed E-state index contributed by atoms with van der Waals surface area (Å²) in [5, 5.41) is 7.56. The van der Waals surface area contributed by atoms with Gasteiger partial charge in [0, 0.05) is 36.1 Å². The second kappa shape index (κ2) is 5.77. The molecule has 0 amide bonds. The van der Waals surface area contributed by atoms with Crippen LogP contribution < -0.4 is 5.32 Å². The average molecular weight is 247 g/mol. The third kappa shape index (κ3) is 3.82. The summed E-state index contributed by atoms with van der Waals surface area (Å²) in [5.74, 6) is 1.04. The number of aryl methyl sites for hydroxylation is 2. The normalized spacial score (nSPS) is 10.5. The molecule has 0 fully saturated rings. The highest BCUT2D eigenvalue weighted by Gasteiger charge is 1.97. The third-order valence-corrected chi connectivity index (χ3v) is 3.35. The predicted octanol–water partition coefficient (Wildman–Crippen LogP) is 2.93. The molecular weight excluding hydrogens is 230 g/mol. The minimum absolute atomic E-state index is 0.961. The molecule has 0 atom stereocenters. The number of thioether (sulfide) groups is 1. The molecule has 90 valence electrons. The molecule has 0 unspecified atom stereocenters. The van der Waals surface area contributed by atoms with E-state index in [2.05, 4.69) is 41.6 Å². The molecule has 0 aliphatic carbocycles. The number of rotatable bonds is 5. The van der Waals surface area contributed by atoms with Gasteiger partial charge in [-0.05, 0) is 24.6 Å². The van der Waals surface area contributed by atoms with E-state index in [4.69, 9.17) is 0 Å². The maximum absolute atomic E-state index is 4.14. The molecule has 17 heavy (non-hydrogen) atoms. The molecule has 2 aromatic rings. The van der Waals surface area contributed by atoms with E-state index in [0.29, 0.717) is 0 Å². The lowest BCUT2D eigenvalue weighted by Crippen LogP contribution is -2.03. The van der Waals surface area contributed by atoms with Gasteiger partial charge in [-0.2, -0.15) is 5.10 Å². The summed E-state index contributed by atoms with van der Waals surface area (Å²) >= 11 is 1.82. The van der Waals surface area contributed by atoms with Gasteiger partial charge in [-0.3, -0.25) is 4.68 Å². The molecule has 0 saturated heterocycles. The van der Waals surface area contributed by atoms with E-state index in [9.17, 15) is 0 Å². The Morgan fingerprint density at radius 1 is 1.41 bits per heavy atom. The Balaban J connectivity index is 1.73. The molecule has 0 aliphatic rings. The van der Waals surface area contributed by atoms with Crippen LogP contribution in [0.2, 0.25) is 0 Å². The van der Waals surface area contributed by atoms with E-state index >= 15 is 0 Å². The van der Waals surface area contributed by atoms with Crippen LogP contribution in [-0.2, 0) is 7.05 Å². The van der Waals surface area contributed by atoms with E-state index in [1.54, 1.807) is 0 Å². The molecule has 0 radical (unpaired) electrons. The fraction of sp³-hybridized carbons (Fsp3) is 0.308. The van der Waals surface area contributed by atoms with E-state index < -0.39 is 0 Å². The monoisotopic (exact) mass is 247 g/mol. The Kier molecular flexibility index (Phi) is 4.09. The Morgan fingerprint density at radius 3 is 3.00 bits per heavy atom. The zero-order valence-electron chi connectivity index (χ0n) is 10.2. The standard InChI is InChI=1S/C13H17N3S/c1-11-4-3-5-12(8-11)14-6-7-17-13-9-15-16(2)10-13/h3-5,8-10,14H,6-7H2,1-2H3. The van der Waals surface area contributed by atoms with Crippen molar-refractivity contribution in [3.63, 3.8) is 0 Å². The lowest BCUT2D eigenvalue weighted by atomic mass is 10.2. The van der Waals surface area contributed by atoms with Crippen molar-refractivity contribution in [2.45, 2.75) is 11.8 Å². The third-order valence-electron chi connectivity index (χ3n) is 2.40. The van der Waals surface area contributed by atoms with Crippen molar-refractivity contribution in [3.05, 3.63) is 42.2 Å². The first kappa shape index (κ1) is 12.0. The summed E-state index contributed by atoms with van der Waals surface area (Å²) in [6.07, 6.45) is 3.94. The van der Waals surface area contributed by atoms with Crippen molar-refractivity contribution >= 4 is 17.4 Å². The van der Waals surface area contributed by atoms with Crippen LogP contribution in [0, 0.1) is 6.92 Å². The van der Waals surface area contributed by atoms with E-state index in [0.717, 1.165) is 12.3 Å². The number of benzene rings is 1. The summed E-state index contributed by atoms with van der Waals surface area (Å²) < 4.78 is 1.83. The summed E-state index contributed by atoms with van der Waals surface area (Å²) in [6, 6.07) is 8.44. The van der Waals surface area contributed by atoms with Gasteiger partial charge in [0.15, 0.2) is 0 Å². The average Bonchev–Trinajstić information content (AvgIpc) is 2.71. The second-order valence-electron chi connectivity index (χ2n) is 3.99. The van der Waals surface area contributed by atoms with Crippen LogP contribution in [0.5, 0.6) is 0 Å². The molecule has 2 rings (SSSR count). The molecule has 0 spiro atoms. The first-order valence-corrected chi connectivity index (χ1v) is 6.64. The van der Waals surface area contributed by atoms with Crippen LogP contribution in [0.1, 0.15) is 5.56 Å². The van der Waals surface area contributed by atoms with Gasteiger partial charge in [0.05, 0.1) is 6.20 Å². The minimum atomic E-state index is 0.961. The topological polar surface area (TPSA) is 29.9 Å². The number of hydrogen-bond acceptors (Lipinski definition) is 3. The maximum atomic E-state index is 4.14. The Labute approximate surface area is 106 Å². The van der Waals surface area contributed by atoms with Crippen molar-refractivity contribution < 1.29 is 0 Å². The van der Waals surface area contributed by atoms with Crippen LogP contribution in [-0.4, -0.2) is 22.1 Å². The molecule has 3 nitrogen and oxygen atoms in total. The van der Waals surface area contributed by atoms with Gasteiger partial charge >= 0.3 is 0 Å². The van der Waals surface area contributed by atoms with Gasteiger partial charge in [0.2, 0.25) is 0 Å². The minimum Gasteiger partial charge on any atom is -0.384 e. The van der Waals surface area contributed by atoms with Gasteiger partial charge in [-0.1, -0.05) is 12.1 Å². The van der Waals surface area contributed by atoms with Crippen LogP contribution in [0.4, 0.5) is 5.69 Å². The second-order valence-corrected chi connectivity index (χ2v) is 5.16. The first-order valence-electron chi connectivity index (χ1n) is 5.66. The first-order chi connectivity index (χ1) is 8.24. The van der Waals surface area contributed by atoms with E-state index in [1.165, 1.54) is 16.1 Å². The zero-order chi connectivity index (χ0) is 12.1. The molecule has 0 bridgehead atoms. The molecule has 1 N–H and O–H groups in total. The zero-order valence-corrected chi connectivity index (χ0v) is 11.0. The Bertz CT molecular complexity index is 479. The van der Waals surface area contributed by atoms with Gasteiger partial charge in [0.1, 0.15) is 0 Å². The number of nitrogens with one attached hydrogen (secondary N) is 1. The quantitative estimate of drug-likeness (QED) is 0.651. The van der Waals surface area contributed by atoms with Crippen molar-refractivity contribution in [2.24, 2.45) is 7.05 Å². The van der Waals surface area contributed by atoms with Crippen molar-refractivity contribution in [3.8, 4) is 0 Å². The number of aromatic nitrogens is 2. The summed E-state index contributed by atoms with van der Waals surface area (Å²) in [5.41, 5.74) is 2.48. The van der Waals surface area contributed by atoms with Crippen LogP contribution in [0.3, 0.4) is 0 Å². The maximum Gasteiger partial charge on any atom is 0.0625 e. The Morgan fingerprint density at radius 2 is 2.29 bits per heavy atom. The van der Waals surface area contributed by atoms with Crippen LogP contribution >= 0.6 is 11.8 Å². The largest absolute Gasteiger partial charge is 0.384 e. The highest BCUT2D eigenvalue weighted by molar-refractivity contribution is 7.99. The van der Waals surface area contributed by atoms with Crippen molar-refractivity contribution in [1.82, 2.24) is 9.78 Å². The van der Waals surface area contributed by atoms with E-state index in [1.807, 2.05) is 35.9 Å². The van der Waals surface area contributed by atoms with Gasteiger partial charge in [-0.15, -0.1) is 11.8 Å². The number of hydrogen-bond donors (Lipinski definition) is 1. The lowest BCUT2D eigenvalue weighted by molar-refractivity contribution is 0.766. The van der Waals surface area contributed by atoms with E-state index in [-0.39, 0.29) is 0 Å². The Hall–Kier alpha value is -1.42. The summed E-state index contributed by atoms with van der Waals surface area (Å²) in [4.78, 5) is 1.22. The lowest BCUT2D eigenvalue weighted by Gasteiger charge is -2.06. The molecule has 0 saturated carbocycles. The highest BCUT2D eigenvalue weighted by Crippen LogP contribution is 2.16. The molecule has 4 heteroatoms. The fourth-order valence-electron chi connectivity index (χ4n) is 1.59. The van der Waals surface area contributed by atoms with Gasteiger partial charge in [-0.25, -0.2) is 0 Å². The fourth-order valence-corrected chi connectivity index (χ4v) is 2.38. The predicted molar refractivity (Wildman–Crippen MR) is 73.6 cm³/mol. The van der Waals surface area contributed by atoms with Crippen molar-refractivity contribution in [1.29, 1.82) is 0 Å². The summed E-state index contributed by atoms with van der Waals surface area (Å²) in [7, 11) is 1.94. The van der Waals surface area contributed by atoms with Crippen molar-refractivity contribution in [2.75, 3.05) is 17.6 Å². The van der Waals surface area contributed by atoms with Crippen LogP contribution in [0.25, 0.3) is 0 Å². The van der Waals surface area contributed by atoms with Crippen LogP contribution in [0.15, 0.2) is 41.6 Å². The number of nitrogens with zero attached hydrogens (tertiary/aromatic N) is 2. The molecule has 1 heterocycles. The SMILES string of the molecule is Cc1cccc(NCCSc2cnn(C)c2)c1. The molecular formula is C13H17N3S. The number of anilines is 1. The molecule has 1 aromatic carbocycles. The van der Waals surface area contributed by atoms with Gasteiger partial charge in [0.25, 0.3) is 0 Å². The highest BCUT2D eigenvalue weighted by atomic mass is 32.2. The molecule has 0 aliphatic heterocycles. The summed E-state index contributed by atoms with van der Waals surface area (Å²) in [6.45, 7) is 3.07. The molecule has 1 aromatic heterocycles. The van der Waals surface area contributed by atoms with Gasteiger partial charge < -0.3 is 5.32 Å².